The van der Waals surface area contributed by atoms with Gasteiger partial charge in [0.2, 0.25) is 0 Å². The van der Waals surface area contributed by atoms with Crippen molar-refractivity contribution < 1.29 is 32.1 Å². The second-order valence-electron chi connectivity index (χ2n) is 6.49. The van der Waals surface area contributed by atoms with Crippen LogP contribution in [0.5, 0.6) is 11.5 Å². The monoisotopic (exact) mass is 425 g/mol. The molecular formula is C19H22O7PS-3. The Kier molecular flexibility index (Phi) is 7.80. The van der Waals surface area contributed by atoms with Gasteiger partial charge in [-0.3, -0.25) is 0 Å². The molecule has 0 aliphatic carbocycles. The van der Waals surface area contributed by atoms with Gasteiger partial charge in [0, 0.05) is 0 Å². The zero-order valence-corrected chi connectivity index (χ0v) is 17.2. The average Bonchev–Trinajstić information content (AvgIpc) is 2.59. The Labute approximate surface area is 165 Å². The summed E-state index contributed by atoms with van der Waals surface area (Å²) in [5, 5.41) is 0. The van der Waals surface area contributed by atoms with Gasteiger partial charge in [0.25, 0.3) is 0 Å². The SMILES string of the molecule is CCCc1ccccc1Oc1cccc(CCCC(P(=O)([O-])[O-])S(=O)(=O)[O-])c1. The number of para-hydroxylation sites is 1. The molecule has 2 aromatic rings. The van der Waals surface area contributed by atoms with Crippen LogP contribution < -0.4 is 14.5 Å². The van der Waals surface area contributed by atoms with Crippen LogP contribution in [-0.2, 0) is 27.5 Å². The fraction of sp³-hybridized carbons (Fsp3) is 0.368. The molecule has 2 aromatic carbocycles. The highest BCUT2D eigenvalue weighted by atomic mass is 32.2. The van der Waals surface area contributed by atoms with E-state index in [2.05, 4.69) is 6.92 Å². The van der Waals surface area contributed by atoms with Crippen LogP contribution in [0.4, 0.5) is 0 Å². The summed E-state index contributed by atoms with van der Waals surface area (Å²) in [7, 11) is -10.7. The van der Waals surface area contributed by atoms with Crippen molar-refractivity contribution in [3.8, 4) is 11.5 Å². The minimum absolute atomic E-state index is 0.0660. The molecule has 0 heterocycles. The predicted molar refractivity (Wildman–Crippen MR) is 101 cm³/mol. The van der Waals surface area contributed by atoms with E-state index in [9.17, 15) is 27.3 Å². The van der Waals surface area contributed by atoms with Crippen molar-refractivity contribution in [1.82, 2.24) is 0 Å². The van der Waals surface area contributed by atoms with Gasteiger partial charge in [-0.2, -0.15) is 0 Å². The number of hydrogen-bond acceptors (Lipinski definition) is 7. The lowest BCUT2D eigenvalue weighted by molar-refractivity contribution is -0.314. The molecule has 0 bridgehead atoms. The van der Waals surface area contributed by atoms with Crippen molar-refractivity contribution in [1.29, 1.82) is 0 Å². The molecule has 0 aliphatic heterocycles. The van der Waals surface area contributed by atoms with E-state index in [0.717, 1.165) is 29.7 Å². The van der Waals surface area contributed by atoms with E-state index in [4.69, 9.17) is 4.74 Å². The van der Waals surface area contributed by atoms with Crippen molar-refractivity contribution in [2.24, 2.45) is 0 Å². The van der Waals surface area contributed by atoms with E-state index in [0.29, 0.717) is 12.2 Å². The van der Waals surface area contributed by atoms with Crippen LogP contribution in [0.25, 0.3) is 0 Å². The molecule has 0 amide bonds. The maximum absolute atomic E-state index is 11.0. The molecule has 154 valence electrons. The maximum Gasteiger partial charge on any atom is 0.130 e. The van der Waals surface area contributed by atoms with Crippen LogP contribution in [0, 0.1) is 0 Å². The minimum atomic E-state index is -5.51. The third kappa shape index (κ3) is 6.72. The fourth-order valence-electron chi connectivity index (χ4n) is 2.91. The van der Waals surface area contributed by atoms with E-state index in [-0.39, 0.29) is 6.42 Å². The Morgan fingerprint density at radius 1 is 1.07 bits per heavy atom. The van der Waals surface area contributed by atoms with Crippen LogP contribution in [0.2, 0.25) is 0 Å². The minimum Gasteiger partial charge on any atom is -0.810 e. The zero-order chi connectivity index (χ0) is 20.8. The molecule has 1 atom stereocenters. The Balaban J connectivity index is 2.05. The molecule has 7 nitrogen and oxygen atoms in total. The Morgan fingerprint density at radius 2 is 1.79 bits per heavy atom. The Bertz CT molecular complexity index is 937. The lowest BCUT2D eigenvalue weighted by Gasteiger charge is -2.39. The molecular weight excluding hydrogens is 403 g/mol. The first-order chi connectivity index (χ1) is 13.1. The second kappa shape index (κ2) is 9.67. The van der Waals surface area contributed by atoms with E-state index in [1.54, 1.807) is 24.3 Å². The number of aryl methyl sites for hydroxylation is 2. The molecule has 0 aliphatic rings. The summed E-state index contributed by atoms with van der Waals surface area (Å²) in [4.78, 5) is 19.6. The highest BCUT2D eigenvalue weighted by Gasteiger charge is 2.20. The number of benzene rings is 2. The first-order valence-corrected chi connectivity index (χ1v) is 12.0. The summed E-state index contributed by atoms with van der Waals surface area (Å²) in [6, 6.07) is 14.8. The standard InChI is InChI=1S/C19H25O7PS/c1-2-7-16-10-3-4-12-18(16)26-17-11-5-8-15(14-17)9-6-13-19(27(20,21)22)28(23,24)25/h3-5,8,10-12,14,19H,2,6-7,9,13H2,1H3,(H2,20,21,22)(H,23,24,25)/p-3. The zero-order valence-electron chi connectivity index (χ0n) is 15.4. The van der Waals surface area contributed by atoms with Crippen LogP contribution in [0.1, 0.15) is 37.3 Å². The lowest BCUT2D eigenvalue weighted by atomic mass is 10.1. The molecule has 0 fully saturated rings. The van der Waals surface area contributed by atoms with Gasteiger partial charge in [0.1, 0.15) is 21.6 Å². The van der Waals surface area contributed by atoms with Gasteiger partial charge in [-0.1, -0.05) is 51.3 Å². The van der Waals surface area contributed by atoms with Crippen molar-refractivity contribution in [2.75, 3.05) is 0 Å². The van der Waals surface area contributed by atoms with Gasteiger partial charge in [0.15, 0.2) is 0 Å². The van der Waals surface area contributed by atoms with Gasteiger partial charge in [0.05, 0.1) is 4.99 Å². The molecule has 0 N–H and O–H groups in total. The summed E-state index contributed by atoms with van der Waals surface area (Å²) in [5.41, 5.74) is 1.86. The summed E-state index contributed by atoms with van der Waals surface area (Å²) in [5.74, 6) is 1.34. The van der Waals surface area contributed by atoms with Gasteiger partial charge in [-0.15, -0.1) is 0 Å². The van der Waals surface area contributed by atoms with E-state index < -0.39 is 29.1 Å². The topological polar surface area (TPSA) is 130 Å². The molecule has 0 saturated heterocycles. The third-order valence-corrected chi connectivity index (χ3v) is 7.64. The normalized spacial score (nSPS) is 13.3. The number of hydrogen-bond donors (Lipinski definition) is 0. The third-order valence-electron chi connectivity index (χ3n) is 4.22. The van der Waals surface area contributed by atoms with Gasteiger partial charge < -0.3 is 23.6 Å². The average molecular weight is 425 g/mol. The highest BCUT2D eigenvalue weighted by Crippen LogP contribution is 2.38. The van der Waals surface area contributed by atoms with E-state index >= 15 is 0 Å². The fourth-order valence-corrected chi connectivity index (χ4v) is 5.13. The van der Waals surface area contributed by atoms with Gasteiger partial charge in [-0.05, 0) is 55.0 Å². The Hall–Kier alpha value is -1.70. The molecule has 2 rings (SSSR count). The summed E-state index contributed by atoms with van der Waals surface area (Å²) in [6.07, 6.45) is 1.70. The molecule has 28 heavy (non-hydrogen) atoms. The van der Waals surface area contributed by atoms with E-state index in [1.165, 1.54) is 0 Å². The second-order valence-corrected chi connectivity index (χ2v) is 10.1. The quantitative estimate of drug-likeness (QED) is 0.422. The predicted octanol–water partition coefficient (Wildman–Crippen LogP) is 2.54. The van der Waals surface area contributed by atoms with Gasteiger partial charge >= 0.3 is 0 Å². The molecule has 0 aromatic heterocycles. The first kappa shape index (κ1) is 22.6. The Morgan fingerprint density at radius 3 is 2.43 bits per heavy atom. The maximum atomic E-state index is 11.0. The summed E-state index contributed by atoms with van der Waals surface area (Å²) >= 11 is 0. The van der Waals surface area contributed by atoms with Crippen LogP contribution in [0.15, 0.2) is 48.5 Å². The molecule has 0 saturated carbocycles. The van der Waals surface area contributed by atoms with Crippen molar-refractivity contribution >= 4 is 17.7 Å². The number of ether oxygens (including phenoxy) is 1. The van der Waals surface area contributed by atoms with Crippen LogP contribution >= 0.6 is 7.60 Å². The molecule has 9 heteroatoms. The van der Waals surface area contributed by atoms with Crippen molar-refractivity contribution in [3.05, 3.63) is 59.7 Å². The van der Waals surface area contributed by atoms with Gasteiger partial charge in [-0.25, -0.2) is 8.42 Å². The number of rotatable bonds is 10. The molecule has 1 unspecified atom stereocenters. The smallest absolute Gasteiger partial charge is 0.130 e. The van der Waals surface area contributed by atoms with E-state index in [1.807, 2.05) is 24.3 Å². The van der Waals surface area contributed by atoms with Crippen molar-refractivity contribution in [2.45, 2.75) is 44.0 Å². The summed E-state index contributed by atoms with van der Waals surface area (Å²) in [6.45, 7) is 2.08. The van der Waals surface area contributed by atoms with Crippen LogP contribution in [0.3, 0.4) is 0 Å². The highest BCUT2D eigenvalue weighted by molar-refractivity contribution is 7.93. The molecule has 0 radical (unpaired) electrons. The molecule has 0 spiro atoms. The van der Waals surface area contributed by atoms with Crippen LogP contribution in [-0.4, -0.2) is 18.0 Å². The largest absolute Gasteiger partial charge is 0.810 e. The lowest BCUT2D eigenvalue weighted by Crippen LogP contribution is -2.32. The van der Waals surface area contributed by atoms with Crippen molar-refractivity contribution in [3.63, 3.8) is 0 Å². The first-order valence-electron chi connectivity index (χ1n) is 8.92. The summed E-state index contributed by atoms with van der Waals surface area (Å²) < 4.78 is 50.0.